The molecule has 0 amide bonds. The predicted molar refractivity (Wildman–Crippen MR) is 64.3 cm³/mol. The van der Waals surface area contributed by atoms with Crippen molar-refractivity contribution in [3.8, 4) is 0 Å². The number of ketones is 1. The Balaban J connectivity index is 2.15. The van der Waals surface area contributed by atoms with E-state index in [1.165, 1.54) is 0 Å². The van der Waals surface area contributed by atoms with Gasteiger partial charge in [-0.1, -0.05) is 18.5 Å². The van der Waals surface area contributed by atoms with E-state index < -0.39 is 0 Å². The SMILES string of the molecule is CCCC1C2=C(CCCC2=O)c2onc(N)c21. The third-order valence-corrected chi connectivity index (χ3v) is 3.76. The lowest BCUT2D eigenvalue weighted by Gasteiger charge is -2.18. The quantitative estimate of drug-likeness (QED) is 0.851. The van der Waals surface area contributed by atoms with Crippen molar-refractivity contribution in [2.75, 3.05) is 5.73 Å². The number of fused-ring (bicyclic) bond motifs is 2. The first-order valence-electron chi connectivity index (χ1n) is 6.25. The van der Waals surface area contributed by atoms with Gasteiger partial charge in [0.05, 0.1) is 5.56 Å². The molecule has 0 saturated heterocycles. The lowest BCUT2D eigenvalue weighted by molar-refractivity contribution is -0.116. The standard InChI is InChI=1S/C13H16N2O2/c1-2-4-7-10-8(5-3-6-9(10)16)12-11(7)13(14)15-17-12/h7H,2-6H2,1H3,(H2,14,15). The van der Waals surface area contributed by atoms with Gasteiger partial charge in [0.15, 0.2) is 17.4 Å². The van der Waals surface area contributed by atoms with Crippen LogP contribution in [0, 0.1) is 0 Å². The number of carbonyl (C=O) groups is 1. The Morgan fingerprint density at radius 3 is 3.06 bits per heavy atom. The Kier molecular flexibility index (Phi) is 2.31. The molecule has 17 heavy (non-hydrogen) atoms. The van der Waals surface area contributed by atoms with Gasteiger partial charge in [0, 0.05) is 23.5 Å². The number of hydrogen-bond acceptors (Lipinski definition) is 4. The summed E-state index contributed by atoms with van der Waals surface area (Å²) in [4.78, 5) is 12.1. The topological polar surface area (TPSA) is 69.1 Å². The molecule has 90 valence electrons. The highest BCUT2D eigenvalue weighted by Gasteiger charge is 2.40. The molecule has 0 spiro atoms. The Morgan fingerprint density at radius 2 is 2.29 bits per heavy atom. The molecule has 1 atom stereocenters. The van der Waals surface area contributed by atoms with Gasteiger partial charge in [-0.25, -0.2) is 0 Å². The summed E-state index contributed by atoms with van der Waals surface area (Å²) in [6.45, 7) is 2.12. The van der Waals surface area contributed by atoms with Gasteiger partial charge >= 0.3 is 0 Å². The highest BCUT2D eigenvalue weighted by Crippen LogP contribution is 2.50. The van der Waals surface area contributed by atoms with Crippen molar-refractivity contribution < 1.29 is 9.32 Å². The Bertz CT molecular complexity index is 513. The van der Waals surface area contributed by atoms with E-state index in [4.69, 9.17) is 10.3 Å². The van der Waals surface area contributed by atoms with Crippen molar-refractivity contribution >= 4 is 17.2 Å². The molecule has 4 nitrogen and oxygen atoms in total. The minimum Gasteiger partial charge on any atom is -0.381 e. The molecule has 4 heteroatoms. The molecule has 1 aromatic rings. The maximum absolute atomic E-state index is 12.1. The lowest BCUT2D eigenvalue weighted by Crippen LogP contribution is -2.13. The van der Waals surface area contributed by atoms with Gasteiger partial charge in [-0.3, -0.25) is 4.79 Å². The van der Waals surface area contributed by atoms with Gasteiger partial charge in [0.1, 0.15) is 0 Å². The van der Waals surface area contributed by atoms with Crippen molar-refractivity contribution in [2.45, 2.75) is 44.9 Å². The zero-order valence-corrected chi connectivity index (χ0v) is 9.95. The summed E-state index contributed by atoms with van der Waals surface area (Å²) in [5.74, 6) is 1.64. The summed E-state index contributed by atoms with van der Waals surface area (Å²) < 4.78 is 5.32. The minimum atomic E-state index is 0.129. The van der Waals surface area contributed by atoms with Crippen molar-refractivity contribution in [3.63, 3.8) is 0 Å². The van der Waals surface area contributed by atoms with Gasteiger partial charge in [-0.2, -0.15) is 0 Å². The fourth-order valence-electron chi connectivity index (χ4n) is 3.09. The van der Waals surface area contributed by atoms with Crippen LogP contribution in [0.1, 0.15) is 56.3 Å². The van der Waals surface area contributed by atoms with Crippen LogP contribution in [0.5, 0.6) is 0 Å². The number of hydrogen-bond donors (Lipinski definition) is 1. The van der Waals surface area contributed by atoms with Gasteiger partial charge in [-0.15, -0.1) is 0 Å². The summed E-state index contributed by atoms with van der Waals surface area (Å²) in [6.07, 6.45) is 4.47. The van der Waals surface area contributed by atoms with Crippen LogP contribution in [0.25, 0.3) is 5.57 Å². The normalized spacial score (nSPS) is 22.9. The van der Waals surface area contributed by atoms with E-state index in [-0.39, 0.29) is 11.7 Å². The first-order chi connectivity index (χ1) is 8.24. The van der Waals surface area contributed by atoms with Crippen molar-refractivity contribution in [1.82, 2.24) is 5.16 Å². The van der Waals surface area contributed by atoms with Crippen LogP contribution in [0.2, 0.25) is 0 Å². The number of carbonyl (C=O) groups excluding carboxylic acids is 1. The Morgan fingerprint density at radius 1 is 1.47 bits per heavy atom. The summed E-state index contributed by atoms with van der Waals surface area (Å²) in [5, 5.41) is 3.84. The number of allylic oxidation sites excluding steroid dienone is 2. The number of Topliss-reactive ketones (excluding diaryl/α,β-unsaturated/α-hetero) is 1. The minimum absolute atomic E-state index is 0.129. The van der Waals surface area contributed by atoms with Crippen LogP contribution < -0.4 is 5.73 Å². The second kappa shape index (κ2) is 3.72. The molecule has 2 N–H and O–H groups in total. The third-order valence-electron chi connectivity index (χ3n) is 3.76. The van der Waals surface area contributed by atoms with E-state index in [9.17, 15) is 4.79 Å². The molecule has 3 rings (SSSR count). The summed E-state index contributed by atoms with van der Waals surface area (Å²) in [5.41, 5.74) is 8.86. The lowest BCUT2D eigenvalue weighted by atomic mass is 9.84. The van der Waals surface area contributed by atoms with Crippen LogP contribution in [0.15, 0.2) is 10.1 Å². The van der Waals surface area contributed by atoms with Gasteiger partial charge in [0.25, 0.3) is 0 Å². The van der Waals surface area contributed by atoms with E-state index in [1.54, 1.807) is 0 Å². The van der Waals surface area contributed by atoms with Gasteiger partial charge in [0.2, 0.25) is 0 Å². The van der Waals surface area contributed by atoms with Crippen molar-refractivity contribution in [2.24, 2.45) is 0 Å². The van der Waals surface area contributed by atoms with Gasteiger partial charge in [-0.05, 0) is 19.3 Å². The summed E-state index contributed by atoms with van der Waals surface area (Å²) in [7, 11) is 0. The van der Waals surface area contributed by atoms with E-state index >= 15 is 0 Å². The number of nitrogen functional groups attached to an aromatic ring is 1. The molecule has 0 aromatic carbocycles. The first kappa shape index (κ1) is 10.6. The molecule has 0 radical (unpaired) electrons. The largest absolute Gasteiger partial charge is 0.381 e. The molecule has 0 saturated carbocycles. The summed E-state index contributed by atoms with van der Waals surface area (Å²) >= 11 is 0. The monoisotopic (exact) mass is 232 g/mol. The highest BCUT2D eigenvalue weighted by atomic mass is 16.5. The van der Waals surface area contributed by atoms with Crippen LogP contribution in [-0.4, -0.2) is 10.9 Å². The summed E-state index contributed by atoms with van der Waals surface area (Å²) in [6, 6.07) is 0. The third kappa shape index (κ3) is 1.36. The number of nitrogens with two attached hydrogens (primary N) is 1. The van der Waals surface area contributed by atoms with Crippen molar-refractivity contribution in [3.05, 3.63) is 16.9 Å². The number of aromatic nitrogens is 1. The van der Waals surface area contributed by atoms with Crippen molar-refractivity contribution in [1.29, 1.82) is 0 Å². The molecule has 0 fully saturated rings. The molecule has 1 heterocycles. The molecule has 1 aromatic heterocycles. The first-order valence-corrected chi connectivity index (χ1v) is 6.25. The average Bonchev–Trinajstić information content (AvgIpc) is 2.82. The zero-order valence-electron chi connectivity index (χ0n) is 9.95. The molecular formula is C13H16N2O2. The van der Waals surface area contributed by atoms with E-state index in [0.717, 1.165) is 48.2 Å². The fourth-order valence-corrected chi connectivity index (χ4v) is 3.09. The van der Waals surface area contributed by atoms with Crippen LogP contribution in [0.3, 0.4) is 0 Å². The number of rotatable bonds is 2. The number of nitrogens with zero attached hydrogens (tertiary/aromatic N) is 1. The molecule has 0 bridgehead atoms. The van der Waals surface area contributed by atoms with Gasteiger partial charge < -0.3 is 10.3 Å². The molecule has 0 aliphatic heterocycles. The van der Waals surface area contributed by atoms with E-state index in [0.29, 0.717) is 12.2 Å². The Labute approximate surface area is 99.8 Å². The second-order valence-corrected chi connectivity index (χ2v) is 4.82. The molecular weight excluding hydrogens is 216 g/mol. The molecule has 2 aliphatic carbocycles. The predicted octanol–water partition coefficient (Wildman–Crippen LogP) is 2.66. The van der Waals surface area contributed by atoms with E-state index in [2.05, 4.69) is 12.1 Å². The number of anilines is 1. The van der Waals surface area contributed by atoms with Crippen LogP contribution in [0.4, 0.5) is 5.82 Å². The average molecular weight is 232 g/mol. The van der Waals surface area contributed by atoms with Crippen LogP contribution in [-0.2, 0) is 4.79 Å². The zero-order chi connectivity index (χ0) is 12.0. The molecule has 2 aliphatic rings. The molecule has 1 unspecified atom stereocenters. The smallest absolute Gasteiger partial charge is 0.171 e. The Hall–Kier alpha value is -1.58. The van der Waals surface area contributed by atoms with Crippen LogP contribution >= 0.6 is 0 Å². The highest BCUT2D eigenvalue weighted by molar-refractivity contribution is 6.07. The second-order valence-electron chi connectivity index (χ2n) is 4.82. The fraction of sp³-hybridized carbons (Fsp3) is 0.538. The maximum atomic E-state index is 12.1. The van der Waals surface area contributed by atoms with E-state index in [1.807, 2.05) is 0 Å². The maximum Gasteiger partial charge on any atom is 0.171 e.